The maximum Gasteiger partial charge on any atom is 0.124 e. The molecular formula is C13H9Br3FN. The summed E-state index contributed by atoms with van der Waals surface area (Å²) < 4.78 is 15.7. The quantitative estimate of drug-likeness (QED) is 0.647. The van der Waals surface area contributed by atoms with E-state index in [0.29, 0.717) is 6.54 Å². The van der Waals surface area contributed by atoms with Crippen molar-refractivity contribution in [3.8, 4) is 0 Å². The van der Waals surface area contributed by atoms with Crippen LogP contribution in [0.5, 0.6) is 0 Å². The van der Waals surface area contributed by atoms with Crippen LogP contribution in [0.3, 0.4) is 0 Å². The van der Waals surface area contributed by atoms with Gasteiger partial charge >= 0.3 is 0 Å². The van der Waals surface area contributed by atoms with E-state index in [1.54, 1.807) is 6.07 Å². The molecule has 5 heteroatoms. The van der Waals surface area contributed by atoms with Crippen molar-refractivity contribution in [1.29, 1.82) is 0 Å². The number of nitrogens with one attached hydrogen (secondary N) is 1. The summed E-state index contributed by atoms with van der Waals surface area (Å²) in [4.78, 5) is 0. The molecule has 0 aliphatic heterocycles. The summed E-state index contributed by atoms with van der Waals surface area (Å²) in [5.41, 5.74) is 2.01. The Kier molecular flexibility index (Phi) is 4.81. The van der Waals surface area contributed by atoms with E-state index in [-0.39, 0.29) is 5.82 Å². The number of hydrogen-bond acceptors (Lipinski definition) is 1. The molecule has 0 heterocycles. The van der Waals surface area contributed by atoms with Gasteiger partial charge in [-0.2, -0.15) is 0 Å². The molecular weight excluding hydrogens is 429 g/mol. The largest absolute Gasteiger partial charge is 0.380 e. The maximum absolute atomic E-state index is 12.9. The summed E-state index contributed by atoms with van der Waals surface area (Å²) >= 11 is 10.2. The average molecular weight is 438 g/mol. The van der Waals surface area contributed by atoms with Crippen molar-refractivity contribution in [2.75, 3.05) is 5.32 Å². The van der Waals surface area contributed by atoms with E-state index in [9.17, 15) is 4.39 Å². The van der Waals surface area contributed by atoms with Gasteiger partial charge < -0.3 is 5.32 Å². The molecule has 0 aromatic heterocycles. The lowest BCUT2D eigenvalue weighted by atomic mass is 10.2. The van der Waals surface area contributed by atoms with Gasteiger partial charge in [-0.15, -0.1) is 0 Å². The minimum atomic E-state index is -0.251. The highest BCUT2D eigenvalue weighted by Gasteiger charge is 2.02. The molecule has 2 aromatic carbocycles. The van der Waals surface area contributed by atoms with E-state index in [0.717, 1.165) is 24.7 Å². The molecule has 0 saturated heterocycles. The highest BCUT2D eigenvalue weighted by molar-refractivity contribution is 9.13. The van der Waals surface area contributed by atoms with E-state index >= 15 is 0 Å². The lowest BCUT2D eigenvalue weighted by molar-refractivity contribution is 0.627. The topological polar surface area (TPSA) is 12.0 Å². The van der Waals surface area contributed by atoms with Gasteiger partial charge in [0.15, 0.2) is 0 Å². The second-order valence-corrected chi connectivity index (χ2v) is 6.29. The van der Waals surface area contributed by atoms with Gasteiger partial charge in [-0.25, -0.2) is 4.39 Å². The Labute approximate surface area is 130 Å². The first-order valence-corrected chi connectivity index (χ1v) is 7.57. The zero-order valence-corrected chi connectivity index (χ0v) is 13.9. The van der Waals surface area contributed by atoms with Gasteiger partial charge in [-0.05, 0) is 83.7 Å². The summed E-state index contributed by atoms with van der Waals surface area (Å²) in [7, 11) is 0. The van der Waals surface area contributed by atoms with Gasteiger partial charge in [0.2, 0.25) is 0 Å². The molecule has 0 amide bonds. The van der Waals surface area contributed by atoms with Crippen LogP contribution in [0.25, 0.3) is 0 Å². The Hall–Kier alpha value is -0.390. The number of benzene rings is 2. The third-order valence-corrected chi connectivity index (χ3v) is 4.93. The minimum Gasteiger partial charge on any atom is -0.380 e. The molecule has 94 valence electrons. The first-order chi connectivity index (χ1) is 8.56. The van der Waals surface area contributed by atoms with Crippen LogP contribution in [0.15, 0.2) is 49.8 Å². The highest BCUT2D eigenvalue weighted by Crippen LogP contribution is 2.26. The number of hydrogen-bond donors (Lipinski definition) is 1. The van der Waals surface area contributed by atoms with Crippen molar-refractivity contribution in [2.24, 2.45) is 0 Å². The highest BCUT2D eigenvalue weighted by atomic mass is 79.9. The lowest BCUT2D eigenvalue weighted by Gasteiger charge is -2.09. The van der Waals surface area contributed by atoms with Crippen LogP contribution in [0.2, 0.25) is 0 Å². The first kappa shape index (κ1) is 14.0. The second kappa shape index (κ2) is 6.17. The molecule has 0 bridgehead atoms. The van der Waals surface area contributed by atoms with Crippen molar-refractivity contribution >= 4 is 53.5 Å². The third kappa shape index (κ3) is 3.56. The SMILES string of the molecule is Fc1ccc(NCc2ccc(Br)c(Br)c2)c(Br)c1. The lowest BCUT2D eigenvalue weighted by Crippen LogP contribution is -2.00. The fraction of sp³-hybridized carbons (Fsp3) is 0.0769. The standard InChI is InChI=1S/C13H9Br3FN/c14-10-3-1-8(5-11(10)15)7-18-13-4-2-9(17)6-12(13)16/h1-6,18H,7H2. The fourth-order valence-corrected chi connectivity index (χ4v) is 2.64. The molecule has 0 fully saturated rings. The Morgan fingerprint density at radius 2 is 1.67 bits per heavy atom. The predicted octanol–water partition coefficient (Wildman–Crippen LogP) is 5.73. The van der Waals surface area contributed by atoms with Crippen LogP contribution in [0, 0.1) is 5.82 Å². The van der Waals surface area contributed by atoms with Crippen LogP contribution < -0.4 is 5.32 Å². The first-order valence-electron chi connectivity index (χ1n) is 5.19. The van der Waals surface area contributed by atoms with Gasteiger partial charge in [-0.3, -0.25) is 0 Å². The molecule has 2 rings (SSSR count). The van der Waals surface area contributed by atoms with Crippen molar-refractivity contribution in [1.82, 2.24) is 0 Å². The van der Waals surface area contributed by atoms with Gasteiger partial charge in [0.1, 0.15) is 5.82 Å². The predicted molar refractivity (Wildman–Crippen MR) is 83.3 cm³/mol. The summed E-state index contributed by atoms with van der Waals surface area (Å²) in [6.45, 7) is 0.677. The zero-order chi connectivity index (χ0) is 13.1. The van der Waals surface area contributed by atoms with E-state index in [1.807, 2.05) is 18.2 Å². The van der Waals surface area contributed by atoms with Crippen LogP contribution in [0.1, 0.15) is 5.56 Å². The fourth-order valence-electron chi connectivity index (χ4n) is 1.48. The number of halogens is 4. The zero-order valence-electron chi connectivity index (χ0n) is 9.18. The van der Waals surface area contributed by atoms with Crippen molar-refractivity contribution in [3.63, 3.8) is 0 Å². The molecule has 0 radical (unpaired) electrons. The van der Waals surface area contributed by atoms with Gasteiger partial charge in [0.05, 0.1) is 0 Å². The van der Waals surface area contributed by atoms with Crippen LogP contribution in [-0.4, -0.2) is 0 Å². The average Bonchev–Trinajstić information content (AvgIpc) is 2.32. The van der Waals surface area contributed by atoms with E-state index < -0.39 is 0 Å². The molecule has 0 aliphatic carbocycles. The molecule has 18 heavy (non-hydrogen) atoms. The van der Waals surface area contributed by atoms with Crippen molar-refractivity contribution < 1.29 is 4.39 Å². The van der Waals surface area contributed by atoms with Gasteiger partial charge in [0, 0.05) is 25.7 Å². The van der Waals surface area contributed by atoms with E-state index in [1.165, 1.54) is 12.1 Å². The monoisotopic (exact) mass is 435 g/mol. The molecule has 1 nitrogen and oxygen atoms in total. The normalized spacial score (nSPS) is 10.4. The second-order valence-electron chi connectivity index (χ2n) is 3.73. The van der Waals surface area contributed by atoms with E-state index in [2.05, 4.69) is 53.1 Å². The van der Waals surface area contributed by atoms with Crippen LogP contribution in [-0.2, 0) is 6.54 Å². The molecule has 0 spiro atoms. The Morgan fingerprint density at radius 1 is 0.889 bits per heavy atom. The van der Waals surface area contributed by atoms with Crippen molar-refractivity contribution in [3.05, 3.63) is 61.2 Å². The van der Waals surface area contributed by atoms with Crippen LogP contribution >= 0.6 is 47.8 Å². The molecule has 1 N–H and O–H groups in total. The van der Waals surface area contributed by atoms with Crippen molar-refractivity contribution in [2.45, 2.75) is 6.54 Å². The molecule has 2 aromatic rings. The smallest absolute Gasteiger partial charge is 0.124 e. The molecule has 0 unspecified atom stereocenters. The summed E-state index contributed by atoms with van der Waals surface area (Å²) in [6.07, 6.45) is 0. The summed E-state index contributed by atoms with van der Waals surface area (Å²) in [5, 5.41) is 3.25. The third-order valence-electron chi connectivity index (χ3n) is 2.40. The number of anilines is 1. The van der Waals surface area contributed by atoms with E-state index in [4.69, 9.17) is 0 Å². The van der Waals surface area contributed by atoms with Gasteiger partial charge in [-0.1, -0.05) is 6.07 Å². The molecule has 0 aliphatic rings. The Morgan fingerprint density at radius 3 is 2.33 bits per heavy atom. The Bertz CT molecular complexity index is 572. The summed E-state index contributed by atoms with van der Waals surface area (Å²) in [5.74, 6) is -0.251. The van der Waals surface area contributed by atoms with Crippen LogP contribution in [0.4, 0.5) is 10.1 Å². The molecule has 0 saturated carbocycles. The van der Waals surface area contributed by atoms with Gasteiger partial charge in [0.25, 0.3) is 0 Å². The summed E-state index contributed by atoms with van der Waals surface area (Å²) in [6, 6.07) is 10.6. The maximum atomic E-state index is 12.9. The molecule has 0 atom stereocenters. The Balaban J connectivity index is 2.09. The minimum absolute atomic E-state index is 0.251. The number of rotatable bonds is 3.